The number of carbonyl (C=O) groups is 1. The van der Waals surface area contributed by atoms with E-state index in [1.807, 2.05) is 50.5 Å². The van der Waals surface area contributed by atoms with Gasteiger partial charge in [-0.1, -0.05) is 12.1 Å². The first kappa shape index (κ1) is 21.1. The van der Waals surface area contributed by atoms with Gasteiger partial charge < -0.3 is 19.7 Å². The van der Waals surface area contributed by atoms with Crippen LogP contribution in [0.3, 0.4) is 0 Å². The molecule has 1 fully saturated rings. The monoisotopic (exact) mass is 423 g/mol. The van der Waals surface area contributed by atoms with Crippen LogP contribution in [0, 0.1) is 6.92 Å². The molecule has 1 saturated heterocycles. The number of rotatable bonds is 4. The number of alkyl carbamates (subject to hydrolysis) is 1. The summed E-state index contributed by atoms with van der Waals surface area (Å²) in [5.74, 6) is 0. The number of aromatic nitrogens is 3. The summed E-state index contributed by atoms with van der Waals surface area (Å²) < 4.78 is 12.6. The number of ether oxygens (including phenoxy) is 2. The third-order valence-corrected chi connectivity index (χ3v) is 5.21. The largest absolute Gasteiger partial charge is 0.444 e. The Balaban J connectivity index is 1.55. The smallest absolute Gasteiger partial charge is 0.407 e. The van der Waals surface area contributed by atoms with Crippen molar-refractivity contribution in [3.05, 3.63) is 47.9 Å². The standard InChI is InChI=1S/C23H29N5O3/c1-16-11-17(5-6-18(16)13-24-22(29)31-23(2,3)4)21-20-12-19(14-28(20)26-15-25-21)27-7-9-30-10-8-27/h5-6,11-12,14-15H,7-10,13H2,1-4H3,(H,24,29). The first-order valence-corrected chi connectivity index (χ1v) is 10.5. The van der Waals surface area contributed by atoms with Gasteiger partial charge in [0, 0.05) is 25.2 Å². The fourth-order valence-corrected chi connectivity index (χ4v) is 3.66. The van der Waals surface area contributed by atoms with E-state index in [1.54, 1.807) is 6.33 Å². The molecular weight excluding hydrogens is 394 g/mol. The molecule has 1 aliphatic rings. The van der Waals surface area contributed by atoms with Crippen molar-refractivity contribution in [2.45, 2.75) is 39.8 Å². The molecule has 164 valence electrons. The lowest BCUT2D eigenvalue weighted by atomic mass is 10.0. The van der Waals surface area contributed by atoms with Gasteiger partial charge in [0.2, 0.25) is 0 Å². The Morgan fingerprint density at radius 2 is 2.00 bits per heavy atom. The van der Waals surface area contributed by atoms with E-state index in [0.717, 1.165) is 59.9 Å². The van der Waals surface area contributed by atoms with E-state index >= 15 is 0 Å². The third-order valence-electron chi connectivity index (χ3n) is 5.21. The highest BCUT2D eigenvalue weighted by Crippen LogP contribution is 2.28. The number of anilines is 1. The minimum atomic E-state index is -0.515. The molecule has 8 nitrogen and oxygen atoms in total. The van der Waals surface area contributed by atoms with Gasteiger partial charge in [0.05, 0.1) is 36.3 Å². The lowest BCUT2D eigenvalue weighted by molar-refractivity contribution is 0.0523. The highest BCUT2D eigenvalue weighted by Gasteiger charge is 2.17. The molecule has 1 amide bonds. The van der Waals surface area contributed by atoms with Gasteiger partial charge in [0.25, 0.3) is 0 Å². The van der Waals surface area contributed by atoms with Crippen LogP contribution >= 0.6 is 0 Å². The van der Waals surface area contributed by atoms with E-state index in [9.17, 15) is 4.79 Å². The molecule has 3 heterocycles. The molecule has 0 aliphatic carbocycles. The summed E-state index contributed by atoms with van der Waals surface area (Å²) >= 11 is 0. The van der Waals surface area contributed by atoms with Crippen molar-refractivity contribution in [2.75, 3.05) is 31.2 Å². The Morgan fingerprint density at radius 3 is 2.71 bits per heavy atom. The van der Waals surface area contributed by atoms with E-state index in [-0.39, 0.29) is 0 Å². The number of aryl methyl sites for hydroxylation is 1. The number of carbonyl (C=O) groups excluding carboxylic acids is 1. The molecule has 0 spiro atoms. The van der Waals surface area contributed by atoms with Crippen molar-refractivity contribution in [1.82, 2.24) is 19.9 Å². The Hall–Kier alpha value is -3.13. The van der Waals surface area contributed by atoms with E-state index < -0.39 is 11.7 Å². The van der Waals surface area contributed by atoms with E-state index in [4.69, 9.17) is 9.47 Å². The van der Waals surface area contributed by atoms with Crippen LogP contribution in [0.1, 0.15) is 31.9 Å². The second kappa shape index (κ2) is 8.55. The van der Waals surface area contributed by atoms with Crippen LogP contribution < -0.4 is 10.2 Å². The molecule has 8 heteroatoms. The van der Waals surface area contributed by atoms with Gasteiger partial charge in [0.1, 0.15) is 11.9 Å². The van der Waals surface area contributed by atoms with Crippen molar-refractivity contribution < 1.29 is 14.3 Å². The predicted octanol–water partition coefficient (Wildman–Crippen LogP) is 3.57. The molecule has 3 aromatic rings. The molecule has 1 aromatic carbocycles. The van der Waals surface area contributed by atoms with E-state index in [2.05, 4.69) is 32.4 Å². The number of amides is 1. The van der Waals surface area contributed by atoms with E-state index in [0.29, 0.717) is 6.54 Å². The number of hydrogen-bond donors (Lipinski definition) is 1. The third kappa shape index (κ3) is 4.96. The maximum Gasteiger partial charge on any atom is 0.407 e. The molecule has 0 bridgehead atoms. The van der Waals surface area contributed by atoms with Crippen LogP contribution in [0.25, 0.3) is 16.8 Å². The van der Waals surface area contributed by atoms with Crippen molar-refractivity contribution in [2.24, 2.45) is 0 Å². The summed E-state index contributed by atoms with van der Waals surface area (Å²) in [6.45, 7) is 11.2. The Bertz CT molecular complexity index is 1080. The minimum Gasteiger partial charge on any atom is -0.444 e. The zero-order chi connectivity index (χ0) is 22.0. The van der Waals surface area contributed by atoms with Gasteiger partial charge >= 0.3 is 6.09 Å². The van der Waals surface area contributed by atoms with Crippen molar-refractivity contribution in [3.63, 3.8) is 0 Å². The van der Waals surface area contributed by atoms with Gasteiger partial charge in [-0.3, -0.25) is 0 Å². The molecule has 1 aliphatic heterocycles. The normalized spacial score (nSPS) is 14.6. The quantitative estimate of drug-likeness (QED) is 0.691. The van der Waals surface area contributed by atoms with Crippen molar-refractivity contribution in [1.29, 1.82) is 0 Å². The summed E-state index contributed by atoms with van der Waals surface area (Å²) in [7, 11) is 0. The average molecular weight is 424 g/mol. The number of nitrogens with zero attached hydrogens (tertiary/aromatic N) is 4. The number of fused-ring (bicyclic) bond motifs is 1. The van der Waals surface area contributed by atoms with Crippen molar-refractivity contribution in [3.8, 4) is 11.3 Å². The predicted molar refractivity (Wildman–Crippen MR) is 119 cm³/mol. The summed E-state index contributed by atoms with van der Waals surface area (Å²) in [6, 6.07) is 8.28. The first-order valence-electron chi connectivity index (χ1n) is 10.5. The second-order valence-electron chi connectivity index (χ2n) is 8.73. The zero-order valence-electron chi connectivity index (χ0n) is 18.5. The minimum absolute atomic E-state index is 0.409. The topological polar surface area (TPSA) is 81.0 Å². The first-order chi connectivity index (χ1) is 14.8. The molecule has 4 rings (SSSR count). The molecule has 1 N–H and O–H groups in total. The van der Waals surface area contributed by atoms with Crippen molar-refractivity contribution >= 4 is 17.3 Å². The van der Waals surface area contributed by atoms with Gasteiger partial charge in [-0.05, 0) is 51.0 Å². The summed E-state index contributed by atoms with van der Waals surface area (Å²) in [5.41, 5.74) is 5.57. The van der Waals surface area contributed by atoms with Crippen LogP contribution in [0.15, 0.2) is 36.8 Å². The number of morpholine rings is 1. The van der Waals surface area contributed by atoms with Crippen LogP contribution in [0.4, 0.5) is 10.5 Å². The number of hydrogen-bond acceptors (Lipinski definition) is 6. The number of benzene rings is 1. The molecular formula is C23H29N5O3. The zero-order valence-corrected chi connectivity index (χ0v) is 18.5. The number of nitrogens with one attached hydrogen (secondary N) is 1. The molecule has 0 saturated carbocycles. The molecule has 0 atom stereocenters. The van der Waals surface area contributed by atoms with Crippen LogP contribution in [0.2, 0.25) is 0 Å². The molecule has 0 radical (unpaired) electrons. The van der Waals surface area contributed by atoms with Gasteiger partial charge in [-0.25, -0.2) is 14.3 Å². The Labute approximate surface area is 182 Å². The molecule has 0 unspecified atom stereocenters. The summed E-state index contributed by atoms with van der Waals surface area (Å²) in [6.07, 6.45) is 3.20. The lowest BCUT2D eigenvalue weighted by Gasteiger charge is -2.27. The van der Waals surface area contributed by atoms with Gasteiger partial charge in [-0.15, -0.1) is 0 Å². The highest BCUT2D eigenvalue weighted by molar-refractivity contribution is 5.80. The maximum atomic E-state index is 11.9. The Morgan fingerprint density at radius 1 is 1.23 bits per heavy atom. The van der Waals surface area contributed by atoms with Crippen LogP contribution in [0.5, 0.6) is 0 Å². The lowest BCUT2D eigenvalue weighted by Crippen LogP contribution is -2.35. The van der Waals surface area contributed by atoms with Crippen LogP contribution in [-0.4, -0.2) is 52.6 Å². The molecule has 31 heavy (non-hydrogen) atoms. The second-order valence-corrected chi connectivity index (χ2v) is 8.73. The average Bonchev–Trinajstić information content (AvgIpc) is 3.17. The maximum absolute atomic E-state index is 11.9. The fourth-order valence-electron chi connectivity index (χ4n) is 3.66. The van der Waals surface area contributed by atoms with E-state index in [1.165, 1.54) is 0 Å². The molecule has 2 aromatic heterocycles. The van der Waals surface area contributed by atoms with Crippen LogP contribution in [-0.2, 0) is 16.0 Å². The fraction of sp³-hybridized carbons (Fsp3) is 0.435. The van der Waals surface area contributed by atoms with Gasteiger partial charge in [-0.2, -0.15) is 5.10 Å². The highest BCUT2D eigenvalue weighted by atomic mass is 16.6. The Kier molecular flexibility index (Phi) is 5.82. The summed E-state index contributed by atoms with van der Waals surface area (Å²) in [5, 5.41) is 7.21. The van der Waals surface area contributed by atoms with Gasteiger partial charge in [0.15, 0.2) is 0 Å². The summed E-state index contributed by atoms with van der Waals surface area (Å²) in [4.78, 5) is 18.8. The SMILES string of the molecule is Cc1cc(-c2ncnn3cc(N4CCOCC4)cc23)ccc1CNC(=O)OC(C)(C)C.